The number of hydrogen-bond acceptors (Lipinski definition) is 4. The summed E-state index contributed by atoms with van der Waals surface area (Å²) < 4.78 is 0. The average Bonchev–Trinajstić information content (AvgIpc) is 2.84. The number of hydrogen-bond donors (Lipinski definition) is 2. The van der Waals surface area contributed by atoms with Crippen LogP contribution in [0.25, 0.3) is 0 Å². The van der Waals surface area contributed by atoms with Crippen molar-refractivity contribution in [3.8, 4) is 0 Å². The second kappa shape index (κ2) is 5.88. The molecule has 0 aromatic heterocycles. The zero-order valence-electron chi connectivity index (χ0n) is 11.5. The van der Waals surface area contributed by atoms with Gasteiger partial charge in [0.15, 0.2) is 0 Å². The van der Waals surface area contributed by atoms with Crippen LogP contribution < -0.4 is 5.32 Å². The highest BCUT2D eigenvalue weighted by atomic mass is 16.3. The molecule has 2 fully saturated rings. The molecule has 6 nitrogen and oxygen atoms in total. The van der Waals surface area contributed by atoms with Crippen molar-refractivity contribution in [2.75, 3.05) is 39.8 Å². The van der Waals surface area contributed by atoms with Gasteiger partial charge in [-0.3, -0.25) is 9.59 Å². The van der Waals surface area contributed by atoms with E-state index < -0.39 is 17.4 Å². The third-order valence-corrected chi connectivity index (χ3v) is 4.00. The van der Waals surface area contributed by atoms with Crippen LogP contribution in [0.3, 0.4) is 0 Å². The molecule has 0 aromatic rings. The molecular weight excluding hydrogens is 246 g/mol. The molecule has 1 heterocycles. The summed E-state index contributed by atoms with van der Waals surface area (Å²) >= 11 is 0. The molecule has 0 atom stereocenters. The lowest BCUT2D eigenvalue weighted by Crippen LogP contribution is -2.53. The molecule has 0 radical (unpaired) electrons. The van der Waals surface area contributed by atoms with Crippen molar-refractivity contribution in [3.05, 3.63) is 0 Å². The average molecular weight is 269 g/mol. The number of nitrogens with one attached hydrogen (secondary N) is 1. The Balaban J connectivity index is 1.88. The highest BCUT2D eigenvalue weighted by Gasteiger charge is 2.35. The molecule has 2 N–H and O–H groups in total. The van der Waals surface area contributed by atoms with E-state index in [1.54, 1.807) is 11.9 Å². The predicted molar refractivity (Wildman–Crippen MR) is 70.5 cm³/mol. The number of carbonyl (C=O) groups excluding carboxylic acids is 2. The molecule has 108 valence electrons. The Morgan fingerprint density at radius 3 is 2.42 bits per heavy atom. The molecule has 1 aliphatic carbocycles. The molecule has 2 aliphatic rings. The Labute approximate surface area is 113 Å². The molecule has 1 aliphatic heterocycles. The van der Waals surface area contributed by atoms with Crippen LogP contribution in [0.4, 0.5) is 0 Å². The van der Waals surface area contributed by atoms with E-state index >= 15 is 0 Å². The largest absolute Gasteiger partial charge is 0.388 e. The Morgan fingerprint density at radius 2 is 1.84 bits per heavy atom. The summed E-state index contributed by atoms with van der Waals surface area (Å²) in [5.74, 6) is -0.965. The van der Waals surface area contributed by atoms with Gasteiger partial charge in [-0.25, -0.2) is 0 Å². The van der Waals surface area contributed by atoms with Crippen LogP contribution in [0, 0.1) is 0 Å². The van der Waals surface area contributed by atoms with Gasteiger partial charge in [-0.05, 0) is 12.8 Å². The second-order valence-corrected chi connectivity index (χ2v) is 5.63. The zero-order valence-corrected chi connectivity index (χ0v) is 11.5. The SMILES string of the molecule is CN(CC1(O)CCCC1)C(=O)C(=O)N1CCNCC1. The van der Waals surface area contributed by atoms with Gasteiger partial charge in [-0.15, -0.1) is 0 Å². The maximum absolute atomic E-state index is 12.1. The van der Waals surface area contributed by atoms with Crippen LogP contribution in [0.15, 0.2) is 0 Å². The van der Waals surface area contributed by atoms with E-state index in [1.165, 1.54) is 4.90 Å². The van der Waals surface area contributed by atoms with Gasteiger partial charge in [0.25, 0.3) is 0 Å². The lowest BCUT2D eigenvalue weighted by atomic mass is 10.0. The fraction of sp³-hybridized carbons (Fsp3) is 0.846. The molecule has 0 unspecified atom stereocenters. The van der Waals surface area contributed by atoms with E-state index in [0.717, 1.165) is 25.9 Å². The maximum Gasteiger partial charge on any atom is 0.312 e. The minimum absolute atomic E-state index is 0.254. The van der Waals surface area contributed by atoms with E-state index in [1.807, 2.05) is 0 Å². The van der Waals surface area contributed by atoms with Crippen LogP contribution in [-0.4, -0.2) is 72.1 Å². The minimum atomic E-state index is -0.797. The first-order valence-electron chi connectivity index (χ1n) is 6.99. The Bertz CT molecular complexity index is 347. The summed E-state index contributed by atoms with van der Waals surface area (Å²) in [4.78, 5) is 27.1. The predicted octanol–water partition coefficient (Wildman–Crippen LogP) is -0.818. The normalized spacial score (nSPS) is 22.3. The summed E-state index contributed by atoms with van der Waals surface area (Å²) in [6, 6.07) is 0. The lowest BCUT2D eigenvalue weighted by molar-refractivity contribution is -0.153. The first-order valence-corrected chi connectivity index (χ1v) is 6.99. The second-order valence-electron chi connectivity index (χ2n) is 5.63. The number of likely N-dealkylation sites (N-methyl/N-ethyl adjacent to an activating group) is 1. The van der Waals surface area contributed by atoms with Gasteiger partial charge in [0.2, 0.25) is 0 Å². The molecule has 19 heavy (non-hydrogen) atoms. The van der Waals surface area contributed by atoms with Gasteiger partial charge in [0.1, 0.15) is 0 Å². The number of piperazine rings is 1. The molecule has 6 heteroatoms. The molecule has 0 aromatic carbocycles. The summed E-state index contributed by atoms with van der Waals surface area (Å²) in [5.41, 5.74) is -0.797. The Kier molecular flexibility index (Phi) is 4.42. The number of aliphatic hydroxyl groups is 1. The van der Waals surface area contributed by atoms with Crippen molar-refractivity contribution in [1.29, 1.82) is 0 Å². The molecule has 2 amide bonds. The van der Waals surface area contributed by atoms with Crippen LogP contribution >= 0.6 is 0 Å². The highest BCUT2D eigenvalue weighted by Crippen LogP contribution is 2.29. The van der Waals surface area contributed by atoms with Gasteiger partial charge in [-0.2, -0.15) is 0 Å². The number of amides is 2. The third-order valence-electron chi connectivity index (χ3n) is 4.00. The summed E-state index contributed by atoms with van der Waals surface area (Å²) in [7, 11) is 1.60. The summed E-state index contributed by atoms with van der Waals surface area (Å²) in [5, 5.41) is 13.4. The van der Waals surface area contributed by atoms with E-state index in [-0.39, 0.29) is 6.54 Å². The molecule has 1 saturated carbocycles. The minimum Gasteiger partial charge on any atom is -0.388 e. The fourth-order valence-corrected chi connectivity index (χ4v) is 2.87. The Morgan fingerprint density at radius 1 is 1.26 bits per heavy atom. The molecule has 0 bridgehead atoms. The van der Waals surface area contributed by atoms with E-state index in [9.17, 15) is 14.7 Å². The van der Waals surface area contributed by atoms with Crippen LogP contribution in [0.2, 0.25) is 0 Å². The van der Waals surface area contributed by atoms with Gasteiger partial charge < -0.3 is 20.2 Å². The molecule has 1 saturated heterocycles. The van der Waals surface area contributed by atoms with Crippen LogP contribution in [-0.2, 0) is 9.59 Å². The first kappa shape index (κ1) is 14.3. The molecule has 0 spiro atoms. The fourth-order valence-electron chi connectivity index (χ4n) is 2.87. The topological polar surface area (TPSA) is 72.9 Å². The van der Waals surface area contributed by atoms with Crippen LogP contribution in [0.1, 0.15) is 25.7 Å². The summed E-state index contributed by atoms with van der Waals surface area (Å²) in [6.45, 7) is 2.86. The van der Waals surface area contributed by atoms with E-state index in [0.29, 0.717) is 25.9 Å². The number of rotatable bonds is 2. The smallest absolute Gasteiger partial charge is 0.312 e. The van der Waals surface area contributed by atoms with Crippen molar-refractivity contribution in [1.82, 2.24) is 15.1 Å². The quantitative estimate of drug-likeness (QED) is 0.643. The number of nitrogens with zero attached hydrogens (tertiary/aromatic N) is 2. The van der Waals surface area contributed by atoms with E-state index in [4.69, 9.17) is 0 Å². The lowest BCUT2D eigenvalue weighted by Gasteiger charge is -2.31. The van der Waals surface area contributed by atoms with Gasteiger partial charge in [0.05, 0.1) is 5.60 Å². The maximum atomic E-state index is 12.1. The van der Waals surface area contributed by atoms with Crippen molar-refractivity contribution < 1.29 is 14.7 Å². The standard InChI is InChI=1S/C13H23N3O3/c1-15(10-13(19)4-2-3-5-13)11(17)12(18)16-8-6-14-7-9-16/h14,19H,2-10H2,1H3. The van der Waals surface area contributed by atoms with Gasteiger partial charge in [0, 0.05) is 39.8 Å². The zero-order chi connectivity index (χ0) is 13.9. The van der Waals surface area contributed by atoms with Gasteiger partial charge in [-0.1, -0.05) is 12.8 Å². The highest BCUT2D eigenvalue weighted by molar-refractivity contribution is 6.34. The van der Waals surface area contributed by atoms with Crippen molar-refractivity contribution in [2.45, 2.75) is 31.3 Å². The van der Waals surface area contributed by atoms with Gasteiger partial charge >= 0.3 is 11.8 Å². The monoisotopic (exact) mass is 269 g/mol. The molecular formula is C13H23N3O3. The van der Waals surface area contributed by atoms with Crippen molar-refractivity contribution in [2.24, 2.45) is 0 Å². The Hall–Kier alpha value is -1.14. The van der Waals surface area contributed by atoms with Crippen molar-refractivity contribution >= 4 is 11.8 Å². The first-order chi connectivity index (χ1) is 9.02. The third kappa shape index (κ3) is 3.45. The summed E-state index contributed by atoms with van der Waals surface area (Å²) in [6.07, 6.45) is 3.41. The molecule has 2 rings (SSSR count). The van der Waals surface area contributed by atoms with Crippen molar-refractivity contribution in [3.63, 3.8) is 0 Å². The van der Waals surface area contributed by atoms with E-state index in [2.05, 4.69) is 5.32 Å². The van der Waals surface area contributed by atoms with Crippen LogP contribution in [0.5, 0.6) is 0 Å². The number of carbonyl (C=O) groups is 2.